The third-order valence-corrected chi connectivity index (χ3v) is 3.70. The first-order chi connectivity index (χ1) is 9.32. The van der Waals surface area contributed by atoms with Gasteiger partial charge in [-0.1, -0.05) is 0 Å². The van der Waals surface area contributed by atoms with E-state index >= 15 is 0 Å². The second-order valence-electron chi connectivity index (χ2n) is 5.60. The highest BCUT2D eigenvalue weighted by Crippen LogP contribution is 2.30. The van der Waals surface area contributed by atoms with E-state index in [2.05, 4.69) is 5.32 Å². The first-order valence-corrected chi connectivity index (χ1v) is 6.69. The molecule has 1 aliphatic carbocycles. The molecule has 7 heteroatoms. The van der Waals surface area contributed by atoms with Crippen molar-refractivity contribution in [1.82, 2.24) is 9.88 Å². The van der Waals surface area contributed by atoms with E-state index in [-0.39, 0.29) is 24.0 Å². The fraction of sp³-hybridized carbons (Fsp3) is 0.615. The van der Waals surface area contributed by atoms with Crippen molar-refractivity contribution in [2.24, 2.45) is 0 Å². The molecular weight excluding hydrogens is 262 g/mol. The van der Waals surface area contributed by atoms with Crippen molar-refractivity contribution in [3.63, 3.8) is 0 Å². The fourth-order valence-electron chi connectivity index (χ4n) is 2.27. The van der Waals surface area contributed by atoms with E-state index in [1.165, 1.54) is 12.3 Å². The van der Waals surface area contributed by atoms with E-state index < -0.39 is 16.4 Å². The molecule has 0 aromatic carbocycles. The Kier molecular flexibility index (Phi) is 3.80. The molecule has 1 heterocycles. The van der Waals surface area contributed by atoms with Gasteiger partial charge in [-0.25, -0.2) is 0 Å². The first kappa shape index (κ1) is 14.5. The van der Waals surface area contributed by atoms with Gasteiger partial charge in [0.15, 0.2) is 0 Å². The summed E-state index contributed by atoms with van der Waals surface area (Å²) in [6.45, 7) is 3.88. The minimum Gasteiger partial charge on any atom is -0.388 e. The predicted octanol–water partition coefficient (Wildman–Crippen LogP) is 1.62. The molecule has 7 nitrogen and oxygen atoms in total. The van der Waals surface area contributed by atoms with Crippen LogP contribution >= 0.6 is 0 Å². The number of carbonyl (C=O) groups excluding carboxylic acids is 1. The number of amides is 1. The van der Waals surface area contributed by atoms with Gasteiger partial charge in [0, 0.05) is 18.7 Å². The average Bonchev–Trinajstić information content (AvgIpc) is 2.79. The van der Waals surface area contributed by atoms with Crippen LogP contribution in [0.4, 0.5) is 5.69 Å². The van der Waals surface area contributed by atoms with Gasteiger partial charge in [-0.15, -0.1) is 0 Å². The molecule has 0 bridgehead atoms. The van der Waals surface area contributed by atoms with Gasteiger partial charge in [-0.05, 0) is 33.1 Å². The first-order valence-electron chi connectivity index (χ1n) is 6.69. The molecule has 1 amide bonds. The molecule has 1 aliphatic rings. The Labute approximate surface area is 116 Å². The summed E-state index contributed by atoms with van der Waals surface area (Å²) in [7, 11) is 0. The highest BCUT2D eigenvalue weighted by atomic mass is 16.6. The Morgan fingerprint density at radius 1 is 1.60 bits per heavy atom. The molecule has 2 rings (SSSR count). The van der Waals surface area contributed by atoms with Crippen LogP contribution in [0.25, 0.3) is 0 Å². The molecule has 110 valence electrons. The Hall–Kier alpha value is -1.89. The zero-order valence-corrected chi connectivity index (χ0v) is 11.6. The van der Waals surface area contributed by atoms with Crippen LogP contribution in [0.5, 0.6) is 0 Å². The van der Waals surface area contributed by atoms with Crippen LogP contribution in [0, 0.1) is 10.1 Å². The third kappa shape index (κ3) is 2.82. The molecule has 0 atom stereocenters. The predicted molar refractivity (Wildman–Crippen MR) is 72.6 cm³/mol. The van der Waals surface area contributed by atoms with Crippen LogP contribution in [-0.2, 0) is 0 Å². The number of aliphatic hydroxyl groups is 1. The molecule has 0 spiro atoms. The maximum atomic E-state index is 12.1. The number of nitro groups is 1. The van der Waals surface area contributed by atoms with Crippen LogP contribution in [0.2, 0.25) is 0 Å². The van der Waals surface area contributed by atoms with Gasteiger partial charge in [0.25, 0.3) is 11.6 Å². The van der Waals surface area contributed by atoms with E-state index in [0.717, 1.165) is 6.42 Å². The van der Waals surface area contributed by atoms with Crippen LogP contribution in [0.1, 0.15) is 49.6 Å². The maximum Gasteiger partial charge on any atom is 0.287 e. The van der Waals surface area contributed by atoms with Crippen LogP contribution in [-0.4, -0.2) is 32.6 Å². The van der Waals surface area contributed by atoms with Crippen LogP contribution in [0.15, 0.2) is 12.3 Å². The number of hydrogen-bond acceptors (Lipinski definition) is 4. The second-order valence-corrected chi connectivity index (χ2v) is 5.60. The molecule has 0 unspecified atom stereocenters. The van der Waals surface area contributed by atoms with E-state index in [4.69, 9.17) is 0 Å². The summed E-state index contributed by atoms with van der Waals surface area (Å²) in [4.78, 5) is 22.4. The van der Waals surface area contributed by atoms with Gasteiger partial charge < -0.3 is 15.0 Å². The average molecular weight is 281 g/mol. The van der Waals surface area contributed by atoms with Gasteiger partial charge in [-0.2, -0.15) is 0 Å². The Bertz CT molecular complexity index is 532. The van der Waals surface area contributed by atoms with Crippen molar-refractivity contribution >= 4 is 11.6 Å². The van der Waals surface area contributed by atoms with Crippen LogP contribution in [0.3, 0.4) is 0 Å². The summed E-state index contributed by atoms with van der Waals surface area (Å²) in [5.41, 5.74) is -0.669. The summed E-state index contributed by atoms with van der Waals surface area (Å²) in [5.74, 6) is -0.396. The quantitative estimate of drug-likeness (QED) is 0.633. The van der Waals surface area contributed by atoms with Gasteiger partial charge in [0.1, 0.15) is 5.69 Å². The summed E-state index contributed by atoms with van der Waals surface area (Å²) >= 11 is 0. The number of aromatic nitrogens is 1. The van der Waals surface area contributed by atoms with Crippen molar-refractivity contribution in [2.45, 2.75) is 44.8 Å². The normalized spacial score (nSPS) is 16.8. The Balaban J connectivity index is 2.13. The molecule has 0 aliphatic heterocycles. The van der Waals surface area contributed by atoms with Gasteiger partial charge in [-0.3, -0.25) is 14.9 Å². The van der Waals surface area contributed by atoms with Crippen molar-refractivity contribution in [2.75, 3.05) is 6.54 Å². The molecule has 1 fully saturated rings. The van der Waals surface area contributed by atoms with Crippen molar-refractivity contribution in [3.05, 3.63) is 28.1 Å². The fourth-order valence-corrected chi connectivity index (χ4v) is 2.27. The lowest BCUT2D eigenvalue weighted by atomic mass is 9.80. The largest absolute Gasteiger partial charge is 0.388 e. The Morgan fingerprint density at radius 2 is 2.25 bits per heavy atom. The number of nitrogens with zero attached hydrogens (tertiary/aromatic N) is 2. The highest BCUT2D eigenvalue weighted by Gasteiger charge is 2.35. The summed E-state index contributed by atoms with van der Waals surface area (Å²) in [6.07, 6.45) is 3.68. The molecule has 1 saturated carbocycles. The van der Waals surface area contributed by atoms with E-state index in [1.54, 1.807) is 4.57 Å². The molecule has 1 aromatic rings. The number of rotatable bonds is 5. The lowest BCUT2D eigenvalue weighted by Gasteiger charge is -2.36. The van der Waals surface area contributed by atoms with Gasteiger partial charge in [0.2, 0.25) is 0 Å². The second kappa shape index (κ2) is 5.24. The van der Waals surface area contributed by atoms with Crippen molar-refractivity contribution in [3.8, 4) is 0 Å². The SMILES string of the molecule is CC(C)n1cc([N+](=O)[O-])cc1C(=O)NCC1(O)CCC1. The molecule has 2 N–H and O–H groups in total. The maximum absolute atomic E-state index is 12.1. The molecule has 1 aromatic heterocycles. The lowest BCUT2D eigenvalue weighted by molar-refractivity contribution is -0.384. The van der Waals surface area contributed by atoms with Crippen molar-refractivity contribution in [1.29, 1.82) is 0 Å². The van der Waals surface area contributed by atoms with Gasteiger partial charge >= 0.3 is 0 Å². The molecule has 20 heavy (non-hydrogen) atoms. The lowest BCUT2D eigenvalue weighted by Crippen LogP contribution is -2.48. The highest BCUT2D eigenvalue weighted by molar-refractivity contribution is 5.93. The number of carbonyl (C=O) groups is 1. The minimum atomic E-state index is -0.809. The van der Waals surface area contributed by atoms with E-state index in [9.17, 15) is 20.0 Å². The summed E-state index contributed by atoms with van der Waals surface area (Å²) in [6, 6.07) is 1.21. The standard InChI is InChI=1S/C13H19N3O4/c1-9(2)15-7-10(16(19)20)6-11(15)12(17)14-8-13(18)4-3-5-13/h6-7,9,18H,3-5,8H2,1-2H3,(H,14,17). The van der Waals surface area contributed by atoms with Crippen molar-refractivity contribution < 1.29 is 14.8 Å². The zero-order valence-electron chi connectivity index (χ0n) is 11.6. The monoisotopic (exact) mass is 281 g/mol. The Morgan fingerprint density at radius 3 is 2.70 bits per heavy atom. The molecule has 0 saturated heterocycles. The topological polar surface area (TPSA) is 97.4 Å². The third-order valence-electron chi connectivity index (χ3n) is 3.70. The summed E-state index contributed by atoms with van der Waals surface area (Å²) < 4.78 is 1.57. The van der Waals surface area contributed by atoms with Gasteiger partial charge in [0.05, 0.1) is 16.7 Å². The van der Waals surface area contributed by atoms with E-state index in [0.29, 0.717) is 12.8 Å². The van der Waals surface area contributed by atoms with Crippen LogP contribution < -0.4 is 5.32 Å². The van der Waals surface area contributed by atoms with E-state index in [1.807, 2.05) is 13.8 Å². The molecule has 0 radical (unpaired) electrons. The zero-order chi connectivity index (χ0) is 14.9. The molecular formula is C13H19N3O4. The summed E-state index contributed by atoms with van der Waals surface area (Å²) in [5, 5.41) is 23.4. The smallest absolute Gasteiger partial charge is 0.287 e. The number of nitrogens with one attached hydrogen (secondary N) is 1. The minimum absolute atomic E-state index is 0.0590. The number of hydrogen-bond donors (Lipinski definition) is 2.